The van der Waals surface area contributed by atoms with Crippen LogP contribution in [0.15, 0.2) is 24.3 Å². The van der Waals surface area contributed by atoms with E-state index < -0.39 is 5.97 Å². The number of hydrogen-bond acceptors (Lipinski definition) is 6. The van der Waals surface area contributed by atoms with Gasteiger partial charge in [-0.25, -0.2) is 14.8 Å². The zero-order valence-electron chi connectivity index (χ0n) is 14.4. The first-order valence-corrected chi connectivity index (χ1v) is 8.47. The van der Waals surface area contributed by atoms with Crippen LogP contribution in [0.5, 0.6) is 5.75 Å². The molecule has 0 radical (unpaired) electrons. The Hall–Kier alpha value is -2.34. The van der Waals surface area contributed by atoms with Crippen molar-refractivity contribution in [3.05, 3.63) is 46.4 Å². The minimum absolute atomic E-state index is 0.0833. The fourth-order valence-corrected chi connectivity index (χ4v) is 2.73. The lowest BCUT2D eigenvalue weighted by Gasteiger charge is -2.18. The number of ether oxygens (including phenoxy) is 2. The summed E-state index contributed by atoms with van der Waals surface area (Å²) in [6.07, 6.45) is 2.04. The van der Waals surface area contributed by atoms with Crippen LogP contribution in [0.4, 0.5) is 5.82 Å². The maximum atomic E-state index is 12.0. The van der Waals surface area contributed by atoms with Crippen molar-refractivity contribution in [2.45, 2.75) is 31.7 Å². The molecular formula is C18H20ClN3O3. The van der Waals surface area contributed by atoms with E-state index in [1.165, 1.54) is 7.11 Å². The summed E-state index contributed by atoms with van der Waals surface area (Å²) >= 11 is 6.36. The third-order valence-corrected chi connectivity index (χ3v) is 4.49. The zero-order valence-corrected chi connectivity index (χ0v) is 15.1. The van der Waals surface area contributed by atoms with Crippen LogP contribution >= 0.6 is 11.6 Å². The molecule has 132 valence electrons. The van der Waals surface area contributed by atoms with Gasteiger partial charge in [0.1, 0.15) is 22.4 Å². The predicted molar refractivity (Wildman–Crippen MR) is 95.4 cm³/mol. The number of esters is 1. The van der Waals surface area contributed by atoms with Gasteiger partial charge >= 0.3 is 5.97 Å². The number of carbonyl (C=O) groups is 1. The highest BCUT2D eigenvalue weighted by atomic mass is 35.5. The molecule has 1 aromatic carbocycles. The number of aromatic nitrogens is 2. The molecule has 1 atom stereocenters. The molecule has 0 amide bonds. The van der Waals surface area contributed by atoms with Crippen molar-refractivity contribution in [3.8, 4) is 5.75 Å². The lowest BCUT2D eigenvalue weighted by molar-refractivity contribution is 0.0593. The summed E-state index contributed by atoms with van der Waals surface area (Å²) in [7, 11) is 2.94. The van der Waals surface area contributed by atoms with Gasteiger partial charge in [0.05, 0.1) is 20.3 Å². The highest BCUT2D eigenvalue weighted by molar-refractivity contribution is 6.35. The van der Waals surface area contributed by atoms with E-state index in [4.69, 9.17) is 21.1 Å². The topological polar surface area (TPSA) is 73.3 Å². The Morgan fingerprint density at radius 1 is 1.32 bits per heavy atom. The largest absolute Gasteiger partial charge is 0.497 e. The van der Waals surface area contributed by atoms with Crippen LogP contribution in [0.1, 0.15) is 53.6 Å². The minimum atomic E-state index is -0.564. The molecule has 1 aromatic heterocycles. The molecule has 1 fully saturated rings. The van der Waals surface area contributed by atoms with Crippen LogP contribution in [0, 0.1) is 0 Å². The standard InChI is InChI=1S/C18H20ClN3O3/c1-10(12-5-4-6-13(9-12)24-2)20-17-14(19)15(18(23)25-3)21-16(22-17)11-7-8-11/h4-6,9-11H,7-8H2,1-3H3,(H,20,21,22). The summed E-state index contributed by atoms with van der Waals surface area (Å²) in [5, 5.41) is 3.45. The fraction of sp³-hybridized carbons (Fsp3) is 0.389. The van der Waals surface area contributed by atoms with E-state index in [0.717, 1.165) is 24.2 Å². The summed E-state index contributed by atoms with van der Waals surface area (Å²) in [5.41, 5.74) is 1.11. The highest BCUT2D eigenvalue weighted by Gasteiger charge is 2.30. The maximum absolute atomic E-state index is 12.0. The molecule has 0 bridgehead atoms. The van der Waals surface area contributed by atoms with Crippen molar-refractivity contribution in [2.75, 3.05) is 19.5 Å². The average Bonchev–Trinajstić information content (AvgIpc) is 3.47. The molecule has 7 heteroatoms. The number of nitrogens with one attached hydrogen (secondary N) is 1. The Morgan fingerprint density at radius 2 is 2.08 bits per heavy atom. The first-order chi connectivity index (χ1) is 12.0. The molecule has 1 unspecified atom stereocenters. The van der Waals surface area contributed by atoms with Crippen molar-refractivity contribution in [3.63, 3.8) is 0 Å². The summed E-state index contributed by atoms with van der Waals surface area (Å²) in [5.74, 6) is 1.56. The number of anilines is 1. The van der Waals surface area contributed by atoms with E-state index in [1.54, 1.807) is 7.11 Å². The first kappa shape index (κ1) is 17.5. The van der Waals surface area contributed by atoms with Gasteiger partial charge < -0.3 is 14.8 Å². The van der Waals surface area contributed by atoms with E-state index in [1.807, 2.05) is 31.2 Å². The van der Waals surface area contributed by atoms with Crippen molar-refractivity contribution < 1.29 is 14.3 Å². The Kier molecular flexibility index (Phi) is 5.08. The molecule has 6 nitrogen and oxygen atoms in total. The van der Waals surface area contributed by atoms with E-state index in [0.29, 0.717) is 11.6 Å². The van der Waals surface area contributed by atoms with E-state index >= 15 is 0 Å². The molecule has 1 aliphatic carbocycles. The Labute approximate surface area is 151 Å². The number of nitrogens with zero attached hydrogens (tertiary/aromatic N) is 2. The molecule has 1 heterocycles. The van der Waals surface area contributed by atoms with Crippen LogP contribution < -0.4 is 10.1 Å². The van der Waals surface area contributed by atoms with Gasteiger partial charge in [-0.1, -0.05) is 23.7 Å². The van der Waals surface area contributed by atoms with Gasteiger partial charge in [-0.2, -0.15) is 0 Å². The van der Waals surface area contributed by atoms with Crippen LogP contribution in [0.2, 0.25) is 5.02 Å². The number of hydrogen-bond donors (Lipinski definition) is 1. The Morgan fingerprint density at radius 3 is 2.72 bits per heavy atom. The normalized spacial score (nSPS) is 14.7. The monoisotopic (exact) mass is 361 g/mol. The second-order valence-corrected chi connectivity index (χ2v) is 6.38. The van der Waals surface area contributed by atoms with Crippen LogP contribution in [0.3, 0.4) is 0 Å². The minimum Gasteiger partial charge on any atom is -0.497 e. The molecule has 1 saturated carbocycles. The van der Waals surface area contributed by atoms with E-state index in [-0.39, 0.29) is 22.7 Å². The first-order valence-electron chi connectivity index (χ1n) is 8.09. The SMILES string of the molecule is COC(=O)c1nc(C2CC2)nc(NC(C)c2cccc(OC)c2)c1Cl. The summed E-state index contributed by atoms with van der Waals surface area (Å²) < 4.78 is 10.1. The van der Waals surface area contributed by atoms with Crippen molar-refractivity contribution >= 4 is 23.4 Å². The van der Waals surface area contributed by atoms with Crippen LogP contribution in [-0.2, 0) is 4.74 Å². The van der Waals surface area contributed by atoms with Crippen molar-refractivity contribution in [2.24, 2.45) is 0 Å². The molecule has 1 N–H and O–H groups in total. The van der Waals surface area contributed by atoms with E-state index in [9.17, 15) is 4.79 Å². The van der Waals surface area contributed by atoms with Gasteiger partial charge in [-0.05, 0) is 37.5 Å². The number of halogens is 1. The third-order valence-electron chi connectivity index (χ3n) is 4.14. The number of carbonyl (C=O) groups excluding carboxylic acids is 1. The van der Waals surface area contributed by atoms with Gasteiger partial charge in [0.2, 0.25) is 0 Å². The van der Waals surface area contributed by atoms with E-state index in [2.05, 4.69) is 15.3 Å². The Balaban J connectivity index is 1.92. The molecule has 0 aliphatic heterocycles. The fourth-order valence-electron chi connectivity index (χ4n) is 2.52. The van der Waals surface area contributed by atoms with Gasteiger partial charge in [0.15, 0.2) is 5.69 Å². The molecular weight excluding hydrogens is 342 g/mol. The highest BCUT2D eigenvalue weighted by Crippen LogP contribution is 2.40. The zero-order chi connectivity index (χ0) is 18.0. The number of benzene rings is 1. The summed E-state index contributed by atoms with van der Waals surface area (Å²) in [6, 6.07) is 7.64. The molecule has 3 rings (SSSR count). The van der Waals surface area contributed by atoms with Gasteiger partial charge in [0, 0.05) is 5.92 Å². The second kappa shape index (κ2) is 7.27. The average molecular weight is 362 g/mol. The smallest absolute Gasteiger partial charge is 0.358 e. The van der Waals surface area contributed by atoms with Crippen molar-refractivity contribution in [1.82, 2.24) is 9.97 Å². The summed E-state index contributed by atoms with van der Waals surface area (Å²) in [6.45, 7) is 1.99. The lowest BCUT2D eigenvalue weighted by Crippen LogP contribution is -2.14. The number of rotatable bonds is 6. The molecule has 0 spiro atoms. The third kappa shape index (κ3) is 3.85. The van der Waals surface area contributed by atoms with Gasteiger partial charge in [-0.15, -0.1) is 0 Å². The van der Waals surface area contributed by atoms with Gasteiger partial charge in [-0.3, -0.25) is 0 Å². The quantitative estimate of drug-likeness (QED) is 0.784. The molecule has 2 aromatic rings. The lowest BCUT2D eigenvalue weighted by atomic mass is 10.1. The summed E-state index contributed by atoms with van der Waals surface area (Å²) in [4.78, 5) is 20.8. The molecule has 25 heavy (non-hydrogen) atoms. The number of methoxy groups -OCH3 is 2. The maximum Gasteiger partial charge on any atom is 0.358 e. The van der Waals surface area contributed by atoms with Crippen LogP contribution in [-0.4, -0.2) is 30.2 Å². The molecule has 0 saturated heterocycles. The van der Waals surface area contributed by atoms with Gasteiger partial charge in [0.25, 0.3) is 0 Å². The molecule has 1 aliphatic rings. The predicted octanol–water partition coefficient (Wildman–Crippen LogP) is 3.98. The van der Waals surface area contributed by atoms with Crippen molar-refractivity contribution in [1.29, 1.82) is 0 Å². The van der Waals surface area contributed by atoms with Crippen LogP contribution in [0.25, 0.3) is 0 Å². The Bertz CT molecular complexity index is 793. The second-order valence-electron chi connectivity index (χ2n) is 6.00.